The van der Waals surface area contributed by atoms with Crippen LogP contribution in [0.15, 0.2) is 0 Å². The Morgan fingerprint density at radius 2 is 1.29 bits per heavy atom. The van der Waals surface area contributed by atoms with Crippen LogP contribution in [0.2, 0.25) is 0 Å². The third-order valence-electron chi connectivity index (χ3n) is 1.91. The van der Waals surface area contributed by atoms with Gasteiger partial charge in [0, 0.05) is 6.04 Å². The maximum absolute atomic E-state index is 3.24. The Morgan fingerprint density at radius 1 is 0.857 bits per heavy atom. The van der Waals surface area contributed by atoms with Crippen LogP contribution in [0.5, 0.6) is 0 Å². The second-order valence-electron chi connectivity index (χ2n) is 3.51. The Morgan fingerprint density at radius 3 is 1.57 bits per heavy atom. The standard InChI is InChI=1S/C9H21N.2C2H6/c1-8(2)6-5-7-9(3)10-4;2*1-2/h8-10H,5-7H2,1-4H3;2*1-2H3. The molecule has 1 N–H and O–H groups in total. The summed E-state index contributed by atoms with van der Waals surface area (Å²) in [6, 6.07) is 0.693. The van der Waals surface area contributed by atoms with Crippen LogP contribution in [0.25, 0.3) is 0 Å². The van der Waals surface area contributed by atoms with Crippen molar-refractivity contribution < 1.29 is 0 Å². The largest absolute Gasteiger partial charge is 0.317 e. The van der Waals surface area contributed by atoms with E-state index < -0.39 is 0 Å². The molecule has 0 aliphatic heterocycles. The zero-order chi connectivity index (χ0) is 12.0. The summed E-state index contributed by atoms with van der Waals surface area (Å²) in [6.45, 7) is 14.8. The van der Waals surface area contributed by atoms with Crippen LogP contribution in [0.4, 0.5) is 0 Å². The van der Waals surface area contributed by atoms with E-state index in [0.29, 0.717) is 6.04 Å². The molecule has 14 heavy (non-hydrogen) atoms. The van der Waals surface area contributed by atoms with E-state index in [9.17, 15) is 0 Å². The molecular weight excluding hydrogens is 170 g/mol. The summed E-state index contributed by atoms with van der Waals surface area (Å²) >= 11 is 0. The van der Waals surface area contributed by atoms with Crippen molar-refractivity contribution in [2.24, 2.45) is 5.92 Å². The minimum atomic E-state index is 0.693. The maximum Gasteiger partial charge on any atom is 0.00357 e. The highest BCUT2D eigenvalue weighted by Crippen LogP contribution is 2.07. The van der Waals surface area contributed by atoms with Crippen molar-refractivity contribution in [2.45, 2.75) is 73.8 Å². The topological polar surface area (TPSA) is 12.0 Å². The summed E-state index contributed by atoms with van der Waals surface area (Å²) in [5.41, 5.74) is 0. The molecule has 0 aromatic heterocycles. The van der Waals surface area contributed by atoms with Crippen LogP contribution in [0, 0.1) is 5.92 Å². The van der Waals surface area contributed by atoms with Gasteiger partial charge >= 0.3 is 0 Å². The number of nitrogens with one attached hydrogen (secondary N) is 1. The molecule has 0 heterocycles. The second kappa shape index (κ2) is 18.7. The van der Waals surface area contributed by atoms with E-state index in [-0.39, 0.29) is 0 Å². The van der Waals surface area contributed by atoms with Gasteiger partial charge in [0.25, 0.3) is 0 Å². The van der Waals surface area contributed by atoms with E-state index in [4.69, 9.17) is 0 Å². The second-order valence-corrected chi connectivity index (χ2v) is 3.51. The van der Waals surface area contributed by atoms with Gasteiger partial charge < -0.3 is 5.32 Å². The van der Waals surface area contributed by atoms with Gasteiger partial charge in [-0.25, -0.2) is 0 Å². The normalized spacial score (nSPS) is 10.9. The summed E-state index contributed by atoms with van der Waals surface area (Å²) in [5.74, 6) is 0.865. The van der Waals surface area contributed by atoms with Gasteiger partial charge in [0.1, 0.15) is 0 Å². The Balaban J connectivity index is -0.000000266. The summed E-state index contributed by atoms with van der Waals surface area (Å²) in [5, 5.41) is 3.24. The zero-order valence-electron chi connectivity index (χ0n) is 11.8. The molecule has 0 rings (SSSR count). The van der Waals surface area contributed by atoms with Crippen molar-refractivity contribution in [3.63, 3.8) is 0 Å². The van der Waals surface area contributed by atoms with Crippen LogP contribution < -0.4 is 5.32 Å². The van der Waals surface area contributed by atoms with Gasteiger partial charge in [0.05, 0.1) is 0 Å². The first-order valence-corrected chi connectivity index (χ1v) is 6.34. The molecule has 0 aliphatic carbocycles. The van der Waals surface area contributed by atoms with E-state index in [2.05, 4.69) is 26.1 Å². The smallest absolute Gasteiger partial charge is 0.00357 e. The summed E-state index contributed by atoms with van der Waals surface area (Å²) < 4.78 is 0. The first-order chi connectivity index (χ1) is 6.66. The van der Waals surface area contributed by atoms with Gasteiger partial charge in [-0.2, -0.15) is 0 Å². The lowest BCUT2D eigenvalue weighted by Crippen LogP contribution is -2.20. The molecule has 0 bridgehead atoms. The molecule has 0 aliphatic rings. The maximum atomic E-state index is 3.24. The molecule has 90 valence electrons. The van der Waals surface area contributed by atoms with Gasteiger partial charge in [-0.15, -0.1) is 0 Å². The van der Waals surface area contributed by atoms with Crippen molar-refractivity contribution in [1.29, 1.82) is 0 Å². The number of hydrogen-bond donors (Lipinski definition) is 1. The highest BCUT2D eigenvalue weighted by atomic mass is 14.8. The van der Waals surface area contributed by atoms with E-state index >= 15 is 0 Å². The van der Waals surface area contributed by atoms with Crippen molar-refractivity contribution in [2.75, 3.05) is 7.05 Å². The fourth-order valence-electron chi connectivity index (χ4n) is 0.977. The molecule has 0 aromatic rings. The van der Waals surface area contributed by atoms with Gasteiger partial charge in [-0.1, -0.05) is 54.4 Å². The van der Waals surface area contributed by atoms with Crippen LogP contribution in [-0.4, -0.2) is 13.1 Å². The SMILES string of the molecule is CC.CC.CNC(C)CCCC(C)C. The highest BCUT2D eigenvalue weighted by Gasteiger charge is 1.98. The number of hydrogen-bond acceptors (Lipinski definition) is 1. The van der Waals surface area contributed by atoms with Gasteiger partial charge in [0.15, 0.2) is 0 Å². The van der Waals surface area contributed by atoms with Crippen molar-refractivity contribution in [1.82, 2.24) is 5.32 Å². The highest BCUT2D eigenvalue weighted by molar-refractivity contribution is 4.57. The molecule has 0 saturated heterocycles. The zero-order valence-corrected chi connectivity index (χ0v) is 11.8. The predicted octanol–water partition coefficient (Wildman–Crippen LogP) is 4.47. The molecule has 1 nitrogen and oxygen atoms in total. The third-order valence-corrected chi connectivity index (χ3v) is 1.91. The molecule has 0 spiro atoms. The molecule has 0 saturated carbocycles. The first kappa shape index (κ1) is 19.5. The summed E-state index contributed by atoms with van der Waals surface area (Å²) in [4.78, 5) is 0. The summed E-state index contributed by atoms with van der Waals surface area (Å²) in [7, 11) is 2.03. The van der Waals surface area contributed by atoms with Gasteiger partial charge in [-0.3, -0.25) is 0 Å². The van der Waals surface area contributed by atoms with Crippen LogP contribution >= 0.6 is 0 Å². The molecule has 0 radical (unpaired) electrons. The fourth-order valence-corrected chi connectivity index (χ4v) is 0.977. The quantitative estimate of drug-likeness (QED) is 0.695. The monoisotopic (exact) mass is 203 g/mol. The molecule has 0 fully saturated rings. The molecule has 1 heteroatoms. The summed E-state index contributed by atoms with van der Waals surface area (Å²) in [6.07, 6.45) is 4.04. The van der Waals surface area contributed by atoms with Gasteiger partial charge in [0.2, 0.25) is 0 Å². The van der Waals surface area contributed by atoms with E-state index in [1.165, 1.54) is 19.3 Å². The predicted molar refractivity (Wildman–Crippen MR) is 69.9 cm³/mol. The average molecular weight is 203 g/mol. The third kappa shape index (κ3) is 22.7. The first-order valence-electron chi connectivity index (χ1n) is 6.34. The van der Waals surface area contributed by atoms with Crippen molar-refractivity contribution in [3.8, 4) is 0 Å². The van der Waals surface area contributed by atoms with Gasteiger partial charge in [-0.05, 0) is 26.3 Å². The minimum Gasteiger partial charge on any atom is -0.317 e. The van der Waals surface area contributed by atoms with Crippen molar-refractivity contribution in [3.05, 3.63) is 0 Å². The Bertz CT molecular complexity index is 69.6. The van der Waals surface area contributed by atoms with E-state index in [1.54, 1.807) is 0 Å². The lowest BCUT2D eigenvalue weighted by Gasteiger charge is -2.10. The average Bonchev–Trinajstić information content (AvgIpc) is 2.23. The number of rotatable bonds is 5. The Kier molecular flexibility index (Phi) is 26.1. The van der Waals surface area contributed by atoms with Crippen LogP contribution in [0.1, 0.15) is 67.7 Å². The van der Waals surface area contributed by atoms with E-state index in [0.717, 1.165) is 5.92 Å². The van der Waals surface area contributed by atoms with Crippen LogP contribution in [-0.2, 0) is 0 Å². The minimum absolute atomic E-state index is 0.693. The lowest BCUT2D eigenvalue weighted by atomic mass is 10.0. The van der Waals surface area contributed by atoms with E-state index in [1.807, 2.05) is 34.7 Å². The molecule has 1 unspecified atom stereocenters. The Labute approximate surface area is 92.7 Å². The molecule has 0 amide bonds. The van der Waals surface area contributed by atoms with Crippen LogP contribution in [0.3, 0.4) is 0 Å². The molecule has 1 atom stereocenters. The van der Waals surface area contributed by atoms with Crippen molar-refractivity contribution >= 4 is 0 Å². The molecular formula is C13H33N. The lowest BCUT2D eigenvalue weighted by molar-refractivity contribution is 0.479. The Hall–Kier alpha value is -0.0400. The molecule has 0 aromatic carbocycles. The fraction of sp³-hybridized carbons (Fsp3) is 1.00.